The van der Waals surface area contributed by atoms with Gasteiger partial charge in [-0.15, -0.1) is 0 Å². The largest absolute Gasteiger partial charge is 0.381 e. The van der Waals surface area contributed by atoms with Crippen LogP contribution in [0.3, 0.4) is 0 Å². The molecular formula is C13H19BrN2O3S. The van der Waals surface area contributed by atoms with Gasteiger partial charge in [0.05, 0.1) is 11.5 Å². The second kappa shape index (κ2) is 7.00. The van der Waals surface area contributed by atoms with Crippen molar-refractivity contribution in [1.82, 2.24) is 10.0 Å². The highest BCUT2D eigenvalue weighted by Crippen LogP contribution is 2.23. The van der Waals surface area contributed by atoms with E-state index in [4.69, 9.17) is 4.74 Å². The SMILES string of the molecule is CNCc1ccc(Br)c(S(=O)(=O)NCC2CCOC2)c1. The molecule has 1 fully saturated rings. The standard InChI is InChI=1S/C13H19BrN2O3S/c1-15-7-10-2-3-12(14)13(6-10)20(17,18)16-8-11-4-5-19-9-11/h2-3,6,11,15-16H,4-5,7-9H2,1H3. The van der Waals surface area contributed by atoms with Crippen molar-refractivity contribution in [2.45, 2.75) is 17.9 Å². The molecule has 0 aliphatic carbocycles. The fourth-order valence-electron chi connectivity index (χ4n) is 2.12. The van der Waals surface area contributed by atoms with Gasteiger partial charge in [0.25, 0.3) is 0 Å². The molecule has 0 bridgehead atoms. The maximum absolute atomic E-state index is 12.4. The van der Waals surface area contributed by atoms with Gasteiger partial charge in [0, 0.05) is 24.2 Å². The van der Waals surface area contributed by atoms with Crippen molar-refractivity contribution in [3.05, 3.63) is 28.2 Å². The summed E-state index contributed by atoms with van der Waals surface area (Å²) in [6.45, 7) is 2.40. The molecule has 0 saturated carbocycles. The van der Waals surface area contributed by atoms with Crippen LogP contribution < -0.4 is 10.0 Å². The van der Waals surface area contributed by atoms with Crippen molar-refractivity contribution in [3.8, 4) is 0 Å². The normalized spacial score (nSPS) is 19.4. The Labute approximate surface area is 128 Å². The molecule has 2 N–H and O–H groups in total. The van der Waals surface area contributed by atoms with Gasteiger partial charge in [0.15, 0.2) is 0 Å². The Morgan fingerprint density at radius 2 is 2.25 bits per heavy atom. The van der Waals surface area contributed by atoms with Gasteiger partial charge in [0.2, 0.25) is 10.0 Å². The third kappa shape index (κ3) is 4.02. The van der Waals surface area contributed by atoms with Crippen molar-refractivity contribution in [2.24, 2.45) is 5.92 Å². The zero-order valence-electron chi connectivity index (χ0n) is 11.4. The molecule has 1 atom stereocenters. The first-order valence-corrected chi connectivity index (χ1v) is 8.81. The minimum atomic E-state index is -3.50. The number of sulfonamides is 1. The third-order valence-electron chi connectivity index (χ3n) is 3.25. The van der Waals surface area contributed by atoms with Gasteiger partial charge in [0.1, 0.15) is 0 Å². The average molecular weight is 363 g/mol. The summed E-state index contributed by atoms with van der Waals surface area (Å²) in [7, 11) is -1.67. The zero-order valence-corrected chi connectivity index (χ0v) is 13.8. The summed E-state index contributed by atoms with van der Waals surface area (Å²) in [5.41, 5.74) is 0.931. The van der Waals surface area contributed by atoms with E-state index in [-0.39, 0.29) is 10.8 Å². The van der Waals surface area contributed by atoms with Crippen LogP contribution in [0.15, 0.2) is 27.6 Å². The van der Waals surface area contributed by atoms with E-state index >= 15 is 0 Å². The van der Waals surface area contributed by atoms with Gasteiger partial charge in [-0.25, -0.2) is 13.1 Å². The van der Waals surface area contributed by atoms with E-state index in [2.05, 4.69) is 26.0 Å². The van der Waals surface area contributed by atoms with Crippen LogP contribution in [0.4, 0.5) is 0 Å². The first kappa shape index (κ1) is 15.9. The fraction of sp³-hybridized carbons (Fsp3) is 0.538. The second-order valence-electron chi connectivity index (χ2n) is 4.88. The van der Waals surface area contributed by atoms with Crippen LogP contribution >= 0.6 is 15.9 Å². The van der Waals surface area contributed by atoms with Crippen LogP contribution in [0.25, 0.3) is 0 Å². The number of hydrogen-bond acceptors (Lipinski definition) is 4. The topological polar surface area (TPSA) is 67.4 Å². The fourth-order valence-corrected chi connectivity index (χ4v) is 4.25. The van der Waals surface area contributed by atoms with Crippen molar-refractivity contribution in [2.75, 3.05) is 26.8 Å². The first-order chi connectivity index (χ1) is 9.53. The summed E-state index contributed by atoms with van der Waals surface area (Å²) < 4.78 is 33.2. The van der Waals surface area contributed by atoms with Crippen LogP contribution in [0.2, 0.25) is 0 Å². The Morgan fingerprint density at radius 3 is 2.90 bits per heavy atom. The van der Waals surface area contributed by atoms with Crippen molar-refractivity contribution >= 4 is 26.0 Å². The van der Waals surface area contributed by atoms with Gasteiger partial charge in [-0.3, -0.25) is 0 Å². The lowest BCUT2D eigenvalue weighted by molar-refractivity contribution is 0.186. The number of halogens is 1. The number of nitrogens with one attached hydrogen (secondary N) is 2. The first-order valence-electron chi connectivity index (χ1n) is 6.53. The van der Waals surface area contributed by atoms with E-state index in [1.54, 1.807) is 12.1 Å². The van der Waals surface area contributed by atoms with E-state index in [0.29, 0.717) is 30.8 Å². The predicted molar refractivity (Wildman–Crippen MR) is 81.0 cm³/mol. The lowest BCUT2D eigenvalue weighted by Crippen LogP contribution is -2.30. The molecule has 5 nitrogen and oxygen atoms in total. The summed E-state index contributed by atoms with van der Waals surface area (Å²) in [5, 5.41) is 3.01. The third-order valence-corrected chi connectivity index (χ3v) is 5.67. The molecule has 2 rings (SSSR count). The molecule has 1 aromatic rings. The van der Waals surface area contributed by atoms with Gasteiger partial charge < -0.3 is 10.1 Å². The van der Waals surface area contributed by atoms with Gasteiger partial charge >= 0.3 is 0 Å². The molecule has 1 heterocycles. The Hall–Kier alpha value is -0.470. The molecule has 0 radical (unpaired) electrons. The molecule has 1 unspecified atom stereocenters. The Morgan fingerprint density at radius 1 is 1.45 bits per heavy atom. The summed E-state index contributed by atoms with van der Waals surface area (Å²) in [4.78, 5) is 0.282. The van der Waals surface area contributed by atoms with Crippen LogP contribution in [-0.2, 0) is 21.3 Å². The average Bonchev–Trinajstić information content (AvgIpc) is 2.92. The van der Waals surface area contributed by atoms with E-state index in [1.807, 2.05) is 13.1 Å². The molecule has 1 saturated heterocycles. The van der Waals surface area contributed by atoms with Crippen molar-refractivity contribution < 1.29 is 13.2 Å². The molecule has 1 aliphatic rings. The predicted octanol–water partition coefficient (Wildman–Crippen LogP) is 1.48. The lowest BCUT2D eigenvalue weighted by atomic mass is 10.1. The minimum Gasteiger partial charge on any atom is -0.381 e. The maximum Gasteiger partial charge on any atom is 0.241 e. The molecule has 7 heteroatoms. The maximum atomic E-state index is 12.4. The van der Waals surface area contributed by atoms with Crippen LogP contribution in [-0.4, -0.2) is 35.2 Å². The zero-order chi connectivity index (χ0) is 14.6. The molecule has 0 aromatic heterocycles. The van der Waals surface area contributed by atoms with Crippen LogP contribution in [0.1, 0.15) is 12.0 Å². The number of benzene rings is 1. The summed E-state index contributed by atoms with van der Waals surface area (Å²) in [6, 6.07) is 5.35. The van der Waals surface area contributed by atoms with E-state index in [9.17, 15) is 8.42 Å². The molecule has 112 valence electrons. The molecule has 0 spiro atoms. The smallest absolute Gasteiger partial charge is 0.241 e. The van der Waals surface area contributed by atoms with Crippen molar-refractivity contribution in [1.29, 1.82) is 0 Å². The van der Waals surface area contributed by atoms with Crippen molar-refractivity contribution in [3.63, 3.8) is 0 Å². The van der Waals surface area contributed by atoms with E-state index in [0.717, 1.165) is 12.0 Å². The molecular weight excluding hydrogens is 344 g/mol. The van der Waals surface area contributed by atoms with Crippen LogP contribution in [0.5, 0.6) is 0 Å². The Bertz CT molecular complexity index is 557. The Kier molecular flexibility index (Phi) is 5.57. The highest BCUT2D eigenvalue weighted by molar-refractivity contribution is 9.10. The number of rotatable bonds is 6. The summed E-state index contributed by atoms with van der Waals surface area (Å²) in [6.07, 6.45) is 0.906. The monoisotopic (exact) mass is 362 g/mol. The van der Waals surface area contributed by atoms with Gasteiger partial charge in [-0.05, 0) is 53.0 Å². The molecule has 0 amide bonds. The quantitative estimate of drug-likeness (QED) is 0.804. The highest BCUT2D eigenvalue weighted by Gasteiger charge is 2.22. The number of ether oxygens (including phenoxy) is 1. The van der Waals surface area contributed by atoms with Crippen LogP contribution in [0, 0.1) is 5.92 Å². The molecule has 1 aromatic carbocycles. The van der Waals surface area contributed by atoms with Gasteiger partial charge in [-0.2, -0.15) is 0 Å². The molecule has 1 aliphatic heterocycles. The summed E-state index contributed by atoms with van der Waals surface area (Å²) >= 11 is 3.31. The van der Waals surface area contributed by atoms with Gasteiger partial charge in [-0.1, -0.05) is 6.07 Å². The Balaban J connectivity index is 2.12. The molecule has 20 heavy (non-hydrogen) atoms. The second-order valence-corrected chi connectivity index (χ2v) is 7.47. The van der Waals surface area contributed by atoms with E-state index < -0.39 is 10.0 Å². The minimum absolute atomic E-state index is 0.268. The van der Waals surface area contributed by atoms with E-state index in [1.165, 1.54) is 0 Å². The lowest BCUT2D eigenvalue weighted by Gasteiger charge is -2.12. The number of hydrogen-bond donors (Lipinski definition) is 2. The summed E-state index contributed by atoms with van der Waals surface area (Å²) in [5.74, 6) is 0.268. The highest BCUT2D eigenvalue weighted by atomic mass is 79.9.